The molecule has 2 aromatic rings. The summed E-state index contributed by atoms with van der Waals surface area (Å²) in [5.41, 5.74) is 4.27. The third-order valence-corrected chi connectivity index (χ3v) is 6.28. The predicted molar refractivity (Wildman–Crippen MR) is 95.6 cm³/mol. The standard InChI is InChI=1S/C19H23N3OS/c1-13-9-20-10-17(21-13)14-5-4-8-22(11-14)19(23)16-12-24-18-7-3-2-6-15(16)18/h9-10,12,14H,2-8,11H2,1H3/t14-/m0/s1. The summed E-state index contributed by atoms with van der Waals surface area (Å²) in [4.78, 5) is 25.4. The fourth-order valence-corrected chi connectivity index (χ4v) is 5.05. The van der Waals surface area contributed by atoms with Crippen LogP contribution in [0, 0.1) is 6.92 Å². The number of carbonyl (C=O) groups is 1. The minimum absolute atomic E-state index is 0.222. The van der Waals surface area contributed by atoms with Crippen LogP contribution in [0.5, 0.6) is 0 Å². The van der Waals surface area contributed by atoms with E-state index in [2.05, 4.69) is 15.3 Å². The molecule has 2 aromatic heterocycles. The van der Waals surface area contributed by atoms with Crippen molar-refractivity contribution >= 4 is 17.2 Å². The molecule has 0 N–H and O–H groups in total. The van der Waals surface area contributed by atoms with Gasteiger partial charge in [0.15, 0.2) is 0 Å². The van der Waals surface area contributed by atoms with Gasteiger partial charge in [-0.05, 0) is 51.0 Å². The first-order valence-corrected chi connectivity index (χ1v) is 9.77. The van der Waals surface area contributed by atoms with Crippen LogP contribution < -0.4 is 0 Å². The highest BCUT2D eigenvalue weighted by Gasteiger charge is 2.29. The van der Waals surface area contributed by atoms with E-state index >= 15 is 0 Å². The number of thiophene rings is 1. The summed E-state index contributed by atoms with van der Waals surface area (Å²) in [6.07, 6.45) is 10.5. The monoisotopic (exact) mass is 341 g/mol. The molecule has 1 saturated heterocycles. The average Bonchev–Trinajstić information content (AvgIpc) is 3.05. The number of nitrogens with zero attached hydrogens (tertiary/aromatic N) is 3. The second-order valence-corrected chi connectivity index (χ2v) is 7.90. The molecular formula is C19H23N3OS. The van der Waals surface area contributed by atoms with Gasteiger partial charge in [0.25, 0.3) is 5.91 Å². The Morgan fingerprint density at radius 2 is 2.12 bits per heavy atom. The molecule has 4 nitrogen and oxygen atoms in total. The van der Waals surface area contributed by atoms with E-state index in [0.29, 0.717) is 5.92 Å². The van der Waals surface area contributed by atoms with Crippen LogP contribution in [0.25, 0.3) is 0 Å². The molecule has 0 saturated carbocycles. The molecule has 1 amide bonds. The quantitative estimate of drug-likeness (QED) is 0.836. The minimum Gasteiger partial charge on any atom is -0.338 e. The first kappa shape index (κ1) is 15.8. The molecule has 3 heterocycles. The second kappa shape index (κ2) is 6.63. The summed E-state index contributed by atoms with van der Waals surface area (Å²) < 4.78 is 0. The summed E-state index contributed by atoms with van der Waals surface area (Å²) >= 11 is 1.77. The SMILES string of the molecule is Cc1cncc([C@H]2CCCN(C(=O)c3csc4c3CCCC4)C2)n1. The third kappa shape index (κ3) is 2.97. The lowest BCUT2D eigenvalue weighted by atomic mass is 9.92. The Hall–Kier alpha value is -1.75. The molecule has 126 valence electrons. The molecule has 0 unspecified atom stereocenters. The Bertz CT molecular complexity index is 755. The molecule has 2 aliphatic rings. The largest absolute Gasteiger partial charge is 0.338 e. The van der Waals surface area contributed by atoms with Crippen molar-refractivity contribution in [3.05, 3.63) is 45.2 Å². The van der Waals surface area contributed by atoms with Crippen LogP contribution in [0.3, 0.4) is 0 Å². The lowest BCUT2D eigenvalue weighted by Crippen LogP contribution is -2.39. The van der Waals surface area contributed by atoms with Gasteiger partial charge >= 0.3 is 0 Å². The summed E-state index contributed by atoms with van der Waals surface area (Å²) in [7, 11) is 0. The first-order valence-electron chi connectivity index (χ1n) is 8.89. The van der Waals surface area contributed by atoms with Crippen LogP contribution in [0.4, 0.5) is 0 Å². The highest BCUT2D eigenvalue weighted by atomic mass is 32.1. The summed E-state index contributed by atoms with van der Waals surface area (Å²) in [5.74, 6) is 0.532. The number of fused-ring (bicyclic) bond motifs is 1. The van der Waals surface area contributed by atoms with Crippen molar-refractivity contribution in [1.82, 2.24) is 14.9 Å². The molecular weight excluding hydrogens is 318 g/mol. The smallest absolute Gasteiger partial charge is 0.255 e. The van der Waals surface area contributed by atoms with Crippen molar-refractivity contribution in [2.24, 2.45) is 0 Å². The molecule has 1 aliphatic heterocycles. The maximum absolute atomic E-state index is 13.1. The van der Waals surface area contributed by atoms with Gasteiger partial charge in [0.05, 0.1) is 17.0 Å². The van der Waals surface area contributed by atoms with Crippen molar-refractivity contribution in [2.75, 3.05) is 13.1 Å². The molecule has 0 spiro atoms. The van der Waals surface area contributed by atoms with Crippen molar-refractivity contribution < 1.29 is 4.79 Å². The number of aromatic nitrogens is 2. The van der Waals surface area contributed by atoms with E-state index < -0.39 is 0 Å². The van der Waals surface area contributed by atoms with Crippen LogP contribution in [0.2, 0.25) is 0 Å². The zero-order valence-corrected chi connectivity index (χ0v) is 14.9. The number of amides is 1. The number of hydrogen-bond donors (Lipinski definition) is 0. The van der Waals surface area contributed by atoms with Crippen LogP contribution in [-0.4, -0.2) is 33.9 Å². The van der Waals surface area contributed by atoms with Crippen LogP contribution in [0.15, 0.2) is 17.8 Å². The van der Waals surface area contributed by atoms with E-state index in [1.54, 1.807) is 17.5 Å². The molecule has 1 fully saturated rings. The van der Waals surface area contributed by atoms with Gasteiger partial charge < -0.3 is 4.90 Å². The van der Waals surface area contributed by atoms with E-state index in [9.17, 15) is 4.79 Å². The van der Waals surface area contributed by atoms with Gasteiger partial charge in [-0.15, -0.1) is 11.3 Å². The van der Waals surface area contributed by atoms with Crippen molar-refractivity contribution in [3.8, 4) is 0 Å². The maximum atomic E-state index is 13.1. The Balaban J connectivity index is 1.54. The molecule has 24 heavy (non-hydrogen) atoms. The summed E-state index contributed by atoms with van der Waals surface area (Å²) in [5, 5.41) is 2.09. The second-order valence-electron chi connectivity index (χ2n) is 6.93. The Morgan fingerprint density at radius 1 is 1.25 bits per heavy atom. The topological polar surface area (TPSA) is 46.1 Å². The number of likely N-dealkylation sites (tertiary alicyclic amines) is 1. The highest BCUT2D eigenvalue weighted by Crippen LogP contribution is 2.32. The van der Waals surface area contributed by atoms with Crippen molar-refractivity contribution in [1.29, 1.82) is 0 Å². The van der Waals surface area contributed by atoms with Gasteiger partial charge in [0.1, 0.15) is 0 Å². The zero-order valence-electron chi connectivity index (χ0n) is 14.1. The molecule has 0 radical (unpaired) electrons. The van der Waals surface area contributed by atoms with E-state index in [1.165, 1.54) is 23.3 Å². The van der Waals surface area contributed by atoms with Gasteiger partial charge in [0.2, 0.25) is 0 Å². The summed E-state index contributed by atoms with van der Waals surface area (Å²) in [6.45, 7) is 3.60. The van der Waals surface area contributed by atoms with Gasteiger partial charge in [-0.25, -0.2) is 0 Å². The van der Waals surface area contributed by atoms with E-state index in [1.807, 2.05) is 18.0 Å². The number of carbonyl (C=O) groups excluding carboxylic acids is 1. The van der Waals surface area contributed by atoms with Crippen LogP contribution >= 0.6 is 11.3 Å². The lowest BCUT2D eigenvalue weighted by molar-refractivity contribution is 0.0705. The predicted octanol–water partition coefficient (Wildman–Crippen LogP) is 3.75. The molecule has 0 bridgehead atoms. The number of hydrogen-bond acceptors (Lipinski definition) is 4. The van der Waals surface area contributed by atoms with E-state index in [4.69, 9.17) is 0 Å². The van der Waals surface area contributed by atoms with E-state index in [-0.39, 0.29) is 5.91 Å². The number of aryl methyl sites for hydroxylation is 2. The highest BCUT2D eigenvalue weighted by molar-refractivity contribution is 7.10. The molecule has 1 aliphatic carbocycles. The van der Waals surface area contributed by atoms with Crippen molar-refractivity contribution in [2.45, 2.75) is 51.4 Å². The van der Waals surface area contributed by atoms with Crippen molar-refractivity contribution in [3.63, 3.8) is 0 Å². The molecule has 4 rings (SSSR count). The Kier molecular flexibility index (Phi) is 4.35. The fourth-order valence-electron chi connectivity index (χ4n) is 3.93. The lowest BCUT2D eigenvalue weighted by Gasteiger charge is -2.32. The maximum Gasteiger partial charge on any atom is 0.255 e. The van der Waals surface area contributed by atoms with Crippen LogP contribution in [-0.2, 0) is 12.8 Å². The molecule has 0 aromatic carbocycles. The first-order chi connectivity index (χ1) is 11.7. The number of piperidine rings is 1. The Labute approximate surface area is 146 Å². The fraction of sp³-hybridized carbons (Fsp3) is 0.526. The van der Waals surface area contributed by atoms with Gasteiger partial charge in [-0.2, -0.15) is 0 Å². The minimum atomic E-state index is 0.222. The van der Waals surface area contributed by atoms with Gasteiger partial charge in [-0.1, -0.05) is 0 Å². The van der Waals surface area contributed by atoms with Crippen LogP contribution in [0.1, 0.15) is 63.8 Å². The Morgan fingerprint density at radius 3 is 3.00 bits per heavy atom. The normalized spacial score (nSPS) is 20.7. The third-order valence-electron chi connectivity index (χ3n) is 5.19. The van der Waals surface area contributed by atoms with E-state index in [0.717, 1.165) is 55.7 Å². The zero-order chi connectivity index (χ0) is 16.5. The number of rotatable bonds is 2. The molecule has 1 atom stereocenters. The van der Waals surface area contributed by atoms with Gasteiger partial charge in [0, 0.05) is 41.7 Å². The average molecular weight is 341 g/mol. The molecule has 5 heteroatoms. The summed E-state index contributed by atoms with van der Waals surface area (Å²) in [6, 6.07) is 0. The van der Waals surface area contributed by atoms with Gasteiger partial charge in [-0.3, -0.25) is 14.8 Å².